The largest absolute Gasteiger partial charge is 0.454 e. The predicted octanol–water partition coefficient (Wildman–Crippen LogP) is 4.18. The van der Waals surface area contributed by atoms with Gasteiger partial charge in [0.2, 0.25) is 0 Å². The van der Waals surface area contributed by atoms with Gasteiger partial charge < -0.3 is 15.4 Å². The summed E-state index contributed by atoms with van der Waals surface area (Å²) in [7, 11) is 0. The first-order valence-corrected chi connectivity index (χ1v) is 8.20. The fraction of sp³-hybridized carbons (Fsp3) is 0.158. The second-order valence-corrected chi connectivity index (χ2v) is 5.96. The Morgan fingerprint density at radius 1 is 1.00 bits per heavy atom. The van der Waals surface area contributed by atoms with Crippen LogP contribution in [0.25, 0.3) is 5.70 Å². The monoisotopic (exact) mass is 412 g/mol. The molecular weight excluding hydrogens is 399 g/mol. The Balaban J connectivity index is 2.13. The molecule has 3 rings (SSSR count). The average Bonchev–Trinajstić information content (AvgIpc) is 2.67. The van der Waals surface area contributed by atoms with Crippen molar-refractivity contribution < 1.29 is 36.3 Å². The van der Waals surface area contributed by atoms with Crippen LogP contribution in [-0.4, -0.2) is 24.6 Å². The van der Waals surface area contributed by atoms with Crippen molar-refractivity contribution in [3.63, 3.8) is 0 Å². The van der Waals surface area contributed by atoms with E-state index in [1.165, 1.54) is 36.4 Å². The van der Waals surface area contributed by atoms with E-state index in [0.717, 1.165) is 12.1 Å². The first kappa shape index (κ1) is 20.3. The molecule has 2 amide bonds. The second kappa shape index (κ2) is 7.90. The van der Waals surface area contributed by atoms with Crippen LogP contribution in [0, 0.1) is 0 Å². The van der Waals surface area contributed by atoms with Gasteiger partial charge in [0.1, 0.15) is 5.75 Å². The molecule has 0 aliphatic carbocycles. The minimum atomic E-state index is -5.20. The van der Waals surface area contributed by atoms with Crippen molar-refractivity contribution in [1.82, 2.24) is 10.6 Å². The van der Waals surface area contributed by atoms with E-state index in [0.29, 0.717) is 0 Å². The fourth-order valence-electron chi connectivity index (χ4n) is 2.89. The SMILES string of the molecule is O=C1NC(c2ccccc2)=C(C(=O)C(F)(F)F)[C@@H](c2ccc(OC(F)F)cc2)N1. The predicted molar refractivity (Wildman–Crippen MR) is 91.9 cm³/mol. The van der Waals surface area contributed by atoms with Gasteiger partial charge in [-0.15, -0.1) is 0 Å². The summed E-state index contributed by atoms with van der Waals surface area (Å²) in [6, 6.07) is 9.92. The van der Waals surface area contributed by atoms with Crippen LogP contribution in [0.1, 0.15) is 17.2 Å². The van der Waals surface area contributed by atoms with Crippen LogP contribution in [0.15, 0.2) is 60.2 Å². The summed E-state index contributed by atoms with van der Waals surface area (Å²) in [5, 5.41) is 4.54. The van der Waals surface area contributed by atoms with Crippen molar-refractivity contribution in [2.75, 3.05) is 0 Å². The van der Waals surface area contributed by atoms with Gasteiger partial charge in [0.05, 0.1) is 17.3 Å². The molecule has 0 spiro atoms. The number of nitrogens with one attached hydrogen (secondary N) is 2. The van der Waals surface area contributed by atoms with Crippen molar-refractivity contribution in [2.24, 2.45) is 0 Å². The molecule has 1 aliphatic heterocycles. The van der Waals surface area contributed by atoms with Gasteiger partial charge >= 0.3 is 18.8 Å². The Morgan fingerprint density at radius 3 is 2.17 bits per heavy atom. The minimum Gasteiger partial charge on any atom is -0.435 e. The van der Waals surface area contributed by atoms with Gasteiger partial charge in [-0.05, 0) is 23.3 Å². The van der Waals surface area contributed by atoms with Gasteiger partial charge in [0.15, 0.2) is 0 Å². The molecule has 0 aromatic heterocycles. The van der Waals surface area contributed by atoms with E-state index in [-0.39, 0.29) is 22.6 Å². The molecule has 1 atom stereocenters. The van der Waals surface area contributed by atoms with Gasteiger partial charge in [-0.2, -0.15) is 22.0 Å². The molecule has 0 radical (unpaired) electrons. The number of hydrogen-bond donors (Lipinski definition) is 2. The van der Waals surface area contributed by atoms with Crippen LogP contribution in [0.2, 0.25) is 0 Å². The zero-order valence-electron chi connectivity index (χ0n) is 14.5. The highest BCUT2D eigenvalue weighted by Gasteiger charge is 2.46. The average molecular weight is 412 g/mol. The molecule has 1 heterocycles. The second-order valence-electron chi connectivity index (χ2n) is 5.96. The standard InChI is InChI=1S/C19H13F5N2O3/c20-17(21)29-12-8-6-11(7-9-12)15-13(16(27)19(22,23)24)14(25-18(28)26-15)10-4-2-1-3-5-10/h1-9,15,17H,(H2,25,26,28)/t15-/m1/s1. The van der Waals surface area contributed by atoms with E-state index in [9.17, 15) is 31.5 Å². The highest BCUT2D eigenvalue weighted by molar-refractivity contribution is 6.10. The van der Waals surface area contributed by atoms with Gasteiger partial charge in [-0.25, -0.2) is 4.79 Å². The number of carbonyl (C=O) groups excluding carboxylic acids is 2. The maximum absolute atomic E-state index is 13.3. The van der Waals surface area contributed by atoms with Crippen LogP contribution < -0.4 is 15.4 Å². The molecule has 2 aromatic carbocycles. The van der Waals surface area contributed by atoms with Crippen LogP contribution in [-0.2, 0) is 4.79 Å². The molecule has 2 aromatic rings. The minimum absolute atomic E-state index is 0.0856. The summed E-state index contributed by atoms with van der Waals surface area (Å²) in [5.41, 5.74) is -0.708. The smallest absolute Gasteiger partial charge is 0.435 e. The number of amides is 2. The zero-order chi connectivity index (χ0) is 21.2. The van der Waals surface area contributed by atoms with E-state index in [4.69, 9.17) is 0 Å². The number of halogens is 5. The number of rotatable bonds is 5. The molecule has 2 N–H and O–H groups in total. The van der Waals surface area contributed by atoms with Gasteiger partial charge in [0.25, 0.3) is 5.78 Å². The summed E-state index contributed by atoms with van der Waals surface area (Å²) in [5.74, 6) is -2.36. The number of urea groups is 1. The van der Waals surface area contributed by atoms with Crippen LogP contribution in [0.3, 0.4) is 0 Å². The molecular formula is C19H13F5N2O3. The number of ketones is 1. The Labute approximate surface area is 161 Å². The highest BCUT2D eigenvalue weighted by atomic mass is 19.4. The van der Waals surface area contributed by atoms with E-state index in [1.807, 2.05) is 0 Å². The summed E-state index contributed by atoms with van der Waals surface area (Å²) in [4.78, 5) is 24.3. The Kier molecular flexibility index (Phi) is 5.53. The lowest BCUT2D eigenvalue weighted by Gasteiger charge is -2.30. The summed E-state index contributed by atoms with van der Waals surface area (Å²) in [6.07, 6.45) is -5.20. The van der Waals surface area contributed by atoms with Gasteiger partial charge in [-0.1, -0.05) is 42.5 Å². The van der Waals surface area contributed by atoms with E-state index in [2.05, 4.69) is 15.4 Å². The normalized spacial score (nSPS) is 17.0. The van der Waals surface area contributed by atoms with Crippen LogP contribution in [0.5, 0.6) is 5.75 Å². The van der Waals surface area contributed by atoms with Crippen LogP contribution >= 0.6 is 0 Å². The summed E-state index contributed by atoms with van der Waals surface area (Å²) >= 11 is 0. The quantitative estimate of drug-likeness (QED) is 0.724. The van der Waals surface area contributed by atoms with Crippen LogP contribution in [0.4, 0.5) is 26.7 Å². The topological polar surface area (TPSA) is 67.4 Å². The molecule has 0 saturated carbocycles. The van der Waals surface area contributed by atoms with Gasteiger partial charge in [-0.3, -0.25) is 4.79 Å². The van der Waals surface area contributed by atoms with Crippen molar-refractivity contribution in [3.8, 4) is 5.75 Å². The number of alkyl halides is 5. The highest BCUT2D eigenvalue weighted by Crippen LogP contribution is 2.36. The molecule has 152 valence electrons. The molecule has 10 heteroatoms. The van der Waals surface area contributed by atoms with E-state index < -0.39 is 36.2 Å². The third-order valence-electron chi connectivity index (χ3n) is 4.08. The maximum Gasteiger partial charge on any atom is 0.454 e. The number of benzene rings is 2. The molecule has 0 unspecified atom stereocenters. The fourth-order valence-corrected chi connectivity index (χ4v) is 2.89. The molecule has 0 fully saturated rings. The van der Waals surface area contributed by atoms with Gasteiger partial charge in [0, 0.05) is 0 Å². The van der Waals surface area contributed by atoms with Crippen molar-refractivity contribution in [1.29, 1.82) is 0 Å². The first-order valence-electron chi connectivity index (χ1n) is 8.20. The lowest BCUT2D eigenvalue weighted by molar-refractivity contribution is -0.166. The lowest BCUT2D eigenvalue weighted by Crippen LogP contribution is -2.47. The number of Topliss-reactive ketones (excluding diaryl/α,β-unsaturated/α-hetero) is 1. The molecule has 5 nitrogen and oxygen atoms in total. The maximum atomic E-state index is 13.3. The third-order valence-corrected chi connectivity index (χ3v) is 4.08. The van der Waals surface area contributed by atoms with Crippen molar-refractivity contribution in [3.05, 3.63) is 71.3 Å². The Morgan fingerprint density at radius 2 is 1.62 bits per heavy atom. The number of ether oxygens (including phenoxy) is 1. The first-order chi connectivity index (χ1) is 13.7. The van der Waals surface area contributed by atoms with E-state index in [1.54, 1.807) is 6.07 Å². The Hall–Kier alpha value is -3.43. The number of hydrogen-bond acceptors (Lipinski definition) is 3. The number of carbonyl (C=O) groups is 2. The molecule has 1 aliphatic rings. The van der Waals surface area contributed by atoms with Crippen molar-refractivity contribution in [2.45, 2.75) is 18.8 Å². The third kappa shape index (κ3) is 4.53. The lowest BCUT2D eigenvalue weighted by atomic mass is 9.89. The zero-order valence-corrected chi connectivity index (χ0v) is 14.5. The summed E-state index contributed by atoms with van der Waals surface area (Å²) < 4.78 is 68.7. The molecule has 29 heavy (non-hydrogen) atoms. The summed E-state index contributed by atoms with van der Waals surface area (Å²) in [6.45, 7) is -3.08. The Bertz CT molecular complexity index is 941. The van der Waals surface area contributed by atoms with Crippen molar-refractivity contribution >= 4 is 17.5 Å². The molecule has 0 bridgehead atoms. The molecule has 0 saturated heterocycles. The van der Waals surface area contributed by atoms with E-state index >= 15 is 0 Å².